The van der Waals surface area contributed by atoms with Gasteiger partial charge in [0.15, 0.2) is 0 Å². The van der Waals surface area contributed by atoms with Crippen molar-refractivity contribution in [2.24, 2.45) is 0 Å². The molecule has 1 aliphatic rings. The molecule has 148 valence electrons. The van der Waals surface area contributed by atoms with Crippen LogP contribution >= 0.6 is 22.9 Å². The summed E-state index contributed by atoms with van der Waals surface area (Å²) in [5.41, 5.74) is 1.39. The molecule has 4 rings (SSSR count). The predicted molar refractivity (Wildman–Crippen MR) is 110 cm³/mol. The third-order valence-corrected chi connectivity index (χ3v) is 8.58. The van der Waals surface area contributed by atoms with E-state index in [1.807, 2.05) is 19.1 Å². The zero-order chi connectivity index (χ0) is 19.7. The molecule has 1 unspecified atom stereocenters. The SMILES string of the molecule is CCC1CCCCN1S(=O)(=O)c1cc(-c2nc(-c3ccc(Cl)cc3)no2)cs1. The lowest BCUT2D eigenvalue weighted by Crippen LogP contribution is -2.42. The Hall–Kier alpha value is -1.74. The Balaban J connectivity index is 1.60. The summed E-state index contributed by atoms with van der Waals surface area (Å²) < 4.78 is 33.6. The number of thiophene rings is 1. The molecule has 0 radical (unpaired) electrons. The summed E-state index contributed by atoms with van der Waals surface area (Å²) in [5, 5.41) is 6.37. The Morgan fingerprint density at radius 2 is 2.04 bits per heavy atom. The van der Waals surface area contributed by atoms with Gasteiger partial charge in [0.05, 0.1) is 5.56 Å². The summed E-state index contributed by atoms with van der Waals surface area (Å²) >= 11 is 7.10. The van der Waals surface area contributed by atoms with E-state index in [1.54, 1.807) is 27.9 Å². The van der Waals surface area contributed by atoms with Gasteiger partial charge in [0.25, 0.3) is 15.9 Å². The number of benzene rings is 1. The first-order valence-corrected chi connectivity index (χ1v) is 11.9. The summed E-state index contributed by atoms with van der Waals surface area (Å²) in [7, 11) is -3.51. The molecule has 1 aliphatic heterocycles. The van der Waals surface area contributed by atoms with Crippen LogP contribution in [-0.2, 0) is 10.0 Å². The zero-order valence-corrected chi connectivity index (χ0v) is 17.7. The number of aromatic nitrogens is 2. The first-order valence-electron chi connectivity index (χ1n) is 9.19. The van der Waals surface area contributed by atoms with Gasteiger partial charge in [0.1, 0.15) is 4.21 Å². The molecule has 1 saturated heterocycles. The van der Waals surface area contributed by atoms with E-state index in [2.05, 4.69) is 10.1 Å². The van der Waals surface area contributed by atoms with Crippen LogP contribution in [0.15, 0.2) is 44.4 Å². The number of hydrogen-bond donors (Lipinski definition) is 0. The van der Waals surface area contributed by atoms with Gasteiger partial charge in [0.2, 0.25) is 5.82 Å². The molecule has 2 aromatic heterocycles. The molecule has 0 N–H and O–H groups in total. The second-order valence-electron chi connectivity index (χ2n) is 6.76. The Morgan fingerprint density at radius 1 is 1.25 bits per heavy atom. The Kier molecular flexibility index (Phi) is 5.55. The van der Waals surface area contributed by atoms with Crippen LogP contribution in [0.3, 0.4) is 0 Å². The van der Waals surface area contributed by atoms with Crippen LogP contribution < -0.4 is 0 Å². The molecule has 1 fully saturated rings. The van der Waals surface area contributed by atoms with Gasteiger partial charge in [-0.2, -0.15) is 9.29 Å². The lowest BCUT2D eigenvalue weighted by molar-refractivity contribution is 0.247. The molecule has 0 aliphatic carbocycles. The van der Waals surface area contributed by atoms with Crippen molar-refractivity contribution < 1.29 is 12.9 Å². The van der Waals surface area contributed by atoms with Gasteiger partial charge in [0, 0.05) is 28.6 Å². The van der Waals surface area contributed by atoms with Crippen LogP contribution in [0.2, 0.25) is 5.02 Å². The van der Waals surface area contributed by atoms with Crippen molar-refractivity contribution in [3.8, 4) is 22.8 Å². The van der Waals surface area contributed by atoms with Crippen molar-refractivity contribution in [1.82, 2.24) is 14.4 Å². The normalized spacial score (nSPS) is 18.4. The number of hydrogen-bond acceptors (Lipinski definition) is 6. The maximum atomic E-state index is 13.1. The summed E-state index contributed by atoms with van der Waals surface area (Å²) in [6.45, 7) is 2.62. The van der Waals surface area contributed by atoms with Crippen LogP contribution in [-0.4, -0.2) is 35.5 Å². The summed E-state index contributed by atoms with van der Waals surface area (Å²) in [5.74, 6) is 0.734. The highest BCUT2D eigenvalue weighted by Gasteiger charge is 2.33. The minimum atomic E-state index is -3.51. The molecular weight excluding hydrogens is 418 g/mol. The molecule has 3 heterocycles. The maximum Gasteiger partial charge on any atom is 0.259 e. The van der Waals surface area contributed by atoms with Crippen molar-refractivity contribution in [1.29, 1.82) is 0 Å². The molecule has 0 spiro atoms. The fourth-order valence-electron chi connectivity index (χ4n) is 3.43. The standard InChI is InChI=1S/C19H20ClN3O3S2/c1-2-16-5-3-4-10-23(16)28(24,25)17-11-14(12-27-17)19-21-18(22-26-19)13-6-8-15(20)9-7-13/h6-9,11-12,16H,2-5,10H2,1H3. The summed E-state index contributed by atoms with van der Waals surface area (Å²) in [4.78, 5) is 4.40. The monoisotopic (exact) mass is 437 g/mol. The van der Waals surface area contributed by atoms with Crippen molar-refractivity contribution >= 4 is 33.0 Å². The highest BCUT2D eigenvalue weighted by atomic mass is 35.5. The lowest BCUT2D eigenvalue weighted by Gasteiger charge is -2.33. The maximum absolute atomic E-state index is 13.1. The number of piperidine rings is 1. The van der Waals surface area contributed by atoms with Crippen molar-refractivity contribution in [2.45, 2.75) is 42.9 Å². The van der Waals surface area contributed by atoms with E-state index in [-0.39, 0.29) is 6.04 Å². The van der Waals surface area contributed by atoms with Gasteiger partial charge >= 0.3 is 0 Å². The van der Waals surface area contributed by atoms with Gasteiger partial charge in [-0.25, -0.2) is 8.42 Å². The lowest BCUT2D eigenvalue weighted by atomic mass is 10.0. The molecule has 0 bridgehead atoms. The van der Waals surface area contributed by atoms with E-state index in [4.69, 9.17) is 16.1 Å². The largest absolute Gasteiger partial charge is 0.334 e. The summed E-state index contributed by atoms with van der Waals surface area (Å²) in [6, 6.07) is 8.82. The van der Waals surface area contributed by atoms with E-state index in [0.29, 0.717) is 33.1 Å². The van der Waals surface area contributed by atoms with Crippen LogP contribution in [0.1, 0.15) is 32.6 Å². The van der Waals surface area contributed by atoms with Crippen LogP contribution in [0.4, 0.5) is 0 Å². The molecular formula is C19H20ClN3O3S2. The second-order valence-corrected chi connectivity index (χ2v) is 10.2. The number of sulfonamides is 1. The third kappa shape index (κ3) is 3.74. The van der Waals surface area contributed by atoms with Gasteiger partial charge in [-0.15, -0.1) is 11.3 Å². The molecule has 3 aromatic rings. The highest BCUT2D eigenvalue weighted by Crippen LogP contribution is 2.33. The fraction of sp³-hybridized carbons (Fsp3) is 0.368. The van der Waals surface area contributed by atoms with Gasteiger partial charge < -0.3 is 4.52 Å². The van der Waals surface area contributed by atoms with Crippen LogP contribution in [0.25, 0.3) is 22.8 Å². The van der Waals surface area contributed by atoms with E-state index in [9.17, 15) is 8.42 Å². The average Bonchev–Trinajstić information content (AvgIpc) is 3.38. The molecule has 1 atom stereocenters. The van der Waals surface area contributed by atoms with Crippen molar-refractivity contribution in [2.75, 3.05) is 6.54 Å². The Labute approximate surface area is 173 Å². The smallest absolute Gasteiger partial charge is 0.259 e. The van der Waals surface area contributed by atoms with Crippen molar-refractivity contribution in [3.63, 3.8) is 0 Å². The van der Waals surface area contributed by atoms with E-state index >= 15 is 0 Å². The molecule has 0 saturated carbocycles. The first kappa shape index (κ1) is 19.6. The van der Waals surface area contributed by atoms with E-state index in [1.165, 1.54) is 11.3 Å². The van der Waals surface area contributed by atoms with Crippen LogP contribution in [0, 0.1) is 0 Å². The summed E-state index contributed by atoms with van der Waals surface area (Å²) in [6.07, 6.45) is 3.73. The van der Waals surface area contributed by atoms with Gasteiger partial charge in [-0.1, -0.05) is 30.1 Å². The zero-order valence-electron chi connectivity index (χ0n) is 15.3. The molecule has 1 aromatic carbocycles. The van der Waals surface area contributed by atoms with Gasteiger partial charge in [-0.05, 0) is 49.6 Å². The van der Waals surface area contributed by atoms with E-state index in [0.717, 1.165) is 31.2 Å². The van der Waals surface area contributed by atoms with Crippen LogP contribution in [0.5, 0.6) is 0 Å². The molecule has 0 amide bonds. The topological polar surface area (TPSA) is 76.3 Å². The number of halogens is 1. The quantitative estimate of drug-likeness (QED) is 0.556. The molecule has 6 nitrogen and oxygen atoms in total. The second kappa shape index (κ2) is 7.94. The first-order chi connectivity index (χ1) is 13.5. The minimum Gasteiger partial charge on any atom is -0.334 e. The number of rotatable bonds is 5. The van der Waals surface area contributed by atoms with E-state index < -0.39 is 10.0 Å². The predicted octanol–water partition coefficient (Wildman–Crippen LogP) is 5.07. The number of nitrogens with zero attached hydrogens (tertiary/aromatic N) is 3. The highest BCUT2D eigenvalue weighted by molar-refractivity contribution is 7.91. The van der Waals surface area contributed by atoms with Gasteiger partial charge in [-0.3, -0.25) is 0 Å². The molecule has 9 heteroatoms. The van der Waals surface area contributed by atoms with Crippen molar-refractivity contribution in [3.05, 3.63) is 40.7 Å². The third-order valence-electron chi connectivity index (χ3n) is 4.96. The fourth-order valence-corrected chi connectivity index (χ4v) is 6.61. The molecule has 28 heavy (non-hydrogen) atoms. The average molecular weight is 438 g/mol. The Morgan fingerprint density at radius 3 is 2.79 bits per heavy atom. The Bertz CT molecular complexity index is 1060. The minimum absolute atomic E-state index is 0.0733.